The lowest BCUT2D eigenvalue weighted by Gasteiger charge is -2.28. The first kappa shape index (κ1) is 7.62. The van der Waals surface area contributed by atoms with Gasteiger partial charge in [0.15, 0.2) is 0 Å². The van der Waals surface area contributed by atoms with Crippen molar-refractivity contribution in [3.63, 3.8) is 0 Å². The Morgan fingerprint density at radius 1 is 1.46 bits per heavy atom. The van der Waals surface area contributed by atoms with E-state index in [0.717, 1.165) is 19.3 Å². The zero-order chi connectivity index (χ0) is 9.22. The van der Waals surface area contributed by atoms with E-state index >= 15 is 0 Å². The van der Waals surface area contributed by atoms with Crippen LogP contribution in [-0.2, 0) is 0 Å². The predicted octanol–water partition coefficient (Wildman–Crippen LogP) is 0.510. The molecule has 3 fully saturated rings. The van der Waals surface area contributed by atoms with Gasteiger partial charge < -0.3 is 15.1 Å². The van der Waals surface area contributed by atoms with Crippen molar-refractivity contribution >= 4 is 6.09 Å². The van der Waals surface area contributed by atoms with Crippen LogP contribution in [-0.4, -0.2) is 39.4 Å². The van der Waals surface area contributed by atoms with Gasteiger partial charge in [0.25, 0.3) is 0 Å². The van der Waals surface area contributed by atoms with Crippen molar-refractivity contribution in [1.82, 2.24) is 4.90 Å². The maximum absolute atomic E-state index is 10.9. The molecule has 2 saturated carbocycles. The predicted molar refractivity (Wildman–Crippen MR) is 44.3 cm³/mol. The number of carbonyl (C=O) groups is 1. The lowest BCUT2D eigenvalue weighted by Crippen LogP contribution is -2.46. The van der Waals surface area contributed by atoms with E-state index in [0.29, 0.717) is 18.4 Å². The highest BCUT2D eigenvalue weighted by molar-refractivity contribution is 5.67. The van der Waals surface area contributed by atoms with Crippen molar-refractivity contribution in [2.75, 3.05) is 6.54 Å². The zero-order valence-electron chi connectivity index (χ0n) is 7.31. The summed E-state index contributed by atoms with van der Waals surface area (Å²) < 4.78 is 0. The van der Waals surface area contributed by atoms with Crippen LogP contribution in [0.5, 0.6) is 0 Å². The number of carboxylic acid groups (broad SMARTS) is 1. The number of hydrogen-bond acceptors (Lipinski definition) is 2. The summed E-state index contributed by atoms with van der Waals surface area (Å²) in [4.78, 5) is 12.3. The molecule has 4 heteroatoms. The Balaban J connectivity index is 1.86. The average molecular weight is 183 g/mol. The molecule has 3 unspecified atom stereocenters. The highest BCUT2D eigenvalue weighted by atomic mass is 16.4. The first-order valence-corrected chi connectivity index (χ1v) is 4.84. The van der Waals surface area contributed by atoms with Gasteiger partial charge in [-0.2, -0.15) is 0 Å². The molecule has 0 radical (unpaired) electrons. The van der Waals surface area contributed by atoms with Crippen molar-refractivity contribution in [1.29, 1.82) is 0 Å². The molecule has 3 aliphatic rings. The summed E-state index contributed by atoms with van der Waals surface area (Å²) >= 11 is 0. The SMILES string of the molecule is O=C(O)N1CC2CC2C1C1(O)CC1. The van der Waals surface area contributed by atoms with Crippen molar-refractivity contribution in [3.05, 3.63) is 0 Å². The summed E-state index contributed by atoms with van der Waals surface area (Å²) in [5, 5.41) is 18.9. The second kappa shape index (κ2) is 2.00. The summed E-state index contributed by atoms with van der Waals surface area (Å²) in [6, 6.07) is -0.0880. The van der Waals surface area contributed by atoms with Gasteiger partial charge in [0, 0.05) is 6.54 Å². The molecule has 1 amide bonds. The van der Waals surface area contributed by atoms with Crippen LogP contribution >= 0.6 is 0 Å². The van der Waals surface area contributed by atoms with E-state index in [-0.39, 0.29) is 6.04 Å². The van der Waals surface area contributed by atoms with Crippen LogP contribution in [0.3, 0.4) is 0 Å². The lowest BCUT2D eigenvalue weighted by atomic mass is 10.0. The Bertz CT molecular complexity index is 274. The number of rotatable bonds is 1. The Morgan fingerprint density at radius 3 is 2.69 bits per heavy atom. The van der Waals surface area contributed by atoms with Crippen LogP contribution in [0.15, 0.2) is 0 Å². The molecule has 0 aromatic carbocycles. The molecule has 0 aromatic rings. The number of aliphatic hydroxyl groups is 1. The van der Waals surface area contributed by atoms with Crippen molar-refractivity contribution in [2.24, 2.45) is 11.8 Å². The third-order valence-electron chi connectivity index (χ3n) is 3.71. The third kappa shape index (κ3) is 0.921. The number of fused-ring (bicyclic) bond motifs is 1. The largest absolute Gasteiger partial charge is 0.465 e. The Hall–Kier alpha value is -0.770. The molecule has 1 saturated heterocycles. The monoisotopic (exact) mass is 183 g/mol. The van der Waals surface area contributed by atoms with Crippen LogP contribution in [0, 0.1) is 11.8 Å². The molecule has 0 spiro atoms. The lowest BCUT2D eigenvalue weighted by molar-refractivity contribution is 0.0378. The smallest absolute Gasteiger partial charge is 0.407 e. The average Bonchev–Trinajstić information content (AvgIpc) is 2.95. The van der Waals surface area contributed by atoms with Crippen molar-refractivity contribution < 1.29 is 15.0 Å². The van der Waals surface area contributed by atoms with E-state index in [9.17, 15) is 9.90 Å². The summed E-state index contributed by atoms with van der Waals surface area (Å²) in [6.45, 7) is 0.646. The number of amides is 1. The number of hydrogen-bond donors (Lipinski definition) is 2. The molecule has 3 rings (SSSR count). The number of piperidine rings is 1. The van der Waals surface area contributed by atoms with Gasteiger partial charge >= 0.3 is 6.09 Å². The van der Waals surface area contributed by atoms with Gasteiger partial charge in [0.1, 0.15) is 0 Å². The second-order valence-electron chi connectivity index (χ2n) is 4.64. The molecular weight excluding hydrogens is 170 g/mol. The van der Waals surface area contributed by atoms with E-state index in [1.807, 2.05) is 0 Å². The molecule has 72 valence electrons. The maximum atomic E-state index is 10.9. The highest BCUT2D eigenvalue weighted by Gasteiger charge is 2.64. The third-order valence-corrected chi connectivity index (χ3v) is 3.71. The maximum Gasteiger partial charge on any atom is 0.407 e. The molecule has 2 N–H and O–H groups in total. The fourth-order valence-corrected chi connectivity index (χ4v) is 2.77. The van der Waals surface area contributed by atoms with Crippen LogP contribution in [0.2, 0.25) is 0 Å². The number of nitrogens with zero attached hydrogens (tertiary/aromatic N) is 1. The normalized spacial score (nSPS) is 44.4. The quantitative estimate of drug-likeness (QED) is 0.622. The molecule has 2 aliphatic carbocycles. The molecule has 4 nitrogen and oxygen atoms in total. The van der Waals surface area contributed by atoms with Crippen LogP contribution in [0.4, 0.5) is 4.79 Å². The van der Waals surface area contributed by atoms with Crippen LogP contribution < -0.4 is 0 Å². The fourth-order valence-electron chi connectivity index (χ4n) is 2.77. The van der Waals surface area contributed by atoms with Crippen LogP contribution in [0.25, 0.3) is 0 Å². The van der Waals surface area contributed by atoms with E-state index < -0.39 is 11.7 Å². The summed E-state index contributed by atoms with van der Waals surface area (Å²) in [7, 11) is 0. The van der Waals surface area contributed by atoms with Gasteiger partial charge in [-0.05, 0) is 31.1 Å². The minimum absolute atomic E-state index is 0.0880. The fraction of sp³-hybridized carbons (Fsp3) is 0.889. The standard InChI is InChI=1S/C9H13NO3/c11-8(12)10-4-5-3-6(5)7(10)9(13)1-2-9/h5-7,13H,1-4H2,(H,11,12). The first-order valence-electron chi connectivity index (χ1n) is 4.84. The van der Waals surface area contributed by atoms with Gasteiger partial charge in [0.05, 0.1) is 11.6 Å². The minimum atomic E-state index is -0.863. The second-order valence-corrected chi connectivity index (χ2v) is 4.64. The first-order chi connectivity index (χ1) is 6.12. The highest BCUT2D eigenvalue weighted by Crippen LogP contribution is 2.58. The van der Waals surface area contributed by atoms with Gasteiger partial charge in [-0.3, -0.25) is 0 Å². The van der Waals surface area contributed by atoms with Gasteiger partial charge in [0.2, 0.25) is 0 Å². The van der Waals surface area contributed by atoms with E-state index in [1.165, 1.54) is 4.90 Å². The van der Waals surface area contributed by atoms with Gasteiger partial charge in [-0.1, -0.05) is 0 Å². The van der Waals surface area contributed by atoms with Crippen LogP contribution in [0.1, 0.15) is 19.3 Å². The Morgan fingerprint density at radius 2 is 2.15 bits per heavy atom. The molecule has 3 atom stereocenters. The Kier molecular flexibility index (Phi) is 1.17. The van der Waals surface area contributed by atoms with Crippen molar-refractivity contribution in [3.8, 4) is 0 Å². The Labute approximate surface area is 76.2 Å². The van der Waals surface area contributed by atoms with E-state index in [1.54, 1.807) is 0 Å². The van der Waals surface area contributed by atoms with E-state index in [2.05, 4.69) is 0 Å². The molecule has 0 aromatic heterocycles. The van der Waals surface area contributed by atoms with E-state index in [4.69, 9.17) is 5.11 Å². The molecular formula is C9H13NO3. The molecule has 1 heterocycles. The van der Waals surface area contributed by atoms with Gasteiger partial charge in [-0.15, -0.1) is 0 Å². The summed E-state index contributed by atoms with van der Waals surface area (Å²) in [5.74, 6) is 1.01. The minimum Gasteiger partial charge on any atom is -0.465 e. The molecule has 1 aliphatic heterocycles. The van der Waals surface area contributed by atoms with Crippen molar-refractivity contribution in [2.45, 2.75) is 30.9 Å². The zero-order valence-corrected chi connectivity index (χ0v) is 7.31. The summed E-state index contributed by atoms with van der Waals surface area (Å²) in [6.07, 6.45) is 1.82. The number of likely N-dealkylation sites (tertiary alicyclic amines) is 1. The molecule has 0 bridgehead atoms. The summed E-state index contributed by atoms with van der Waals surface area (Å²) in [5.41, 5.74) is -0.658. The van der Waals surface area contributed by atoms with Gasteiger partial charge in [-0.25, -0.2) is 4.79 Å². The topological polar surface area (TPSA) is 60.8 Å². The molecule has 13 heavy (non-hydrogen) atoms.